The van der Waals surface area contributed by atoms with E-state index in [0.717, 1.165) is 0 Å². The number of para-hydroxylation sites is 1. The molecule has 2 aromatic rings. The van der Waals surface area contributed by atoms with Crippen molar-refractivity contribution in [1.82, 2.24) is 10.1 Å². The third kappa shape index (κ3) is 2.53. The lowest BCUT2D eigenvalue weighted by Gasteiger charge is -2.09. The molecule has 0 amide bonds. The van der Waals surface area contributed by atoms with E-state index in [1.165, 1.54) is 0 Å². The van der Waals surface area contributed by atoms with E-state index in [4.69, 9.17) is 14.0 Å². The summed E-state index contributed by atoms with van der Waals surface area (Å²) in [5.41, 5.74) is 0.629. The molecule has 6 nitrogen and oxygen atoms in total. The number of ether oxygens (including phenoxy) is 2. The maximum atomic E-state index is 9.68. The molecule has 0 aliphatic rings. The molecule has 0 aliphatic carbocycles. The van der Waals surface area contributed by atoms with Crippen molar-refractivity contribution in [1.29, 1.82) is 0 Å². The van der Waals surface area contributed by atoms with Crippen LogP contribution in [0.5, 0.6) is 11.5 Å². The fourth-order valence-electron chi connectivity index (χ4n) is 1.72. The highest BCUT2D eigenvalue weighted by Gasteiger charge is 2.19. The highest BCUT2D eigenvalue weighted by molar-refractivity contribution is 5.67. The molecule has 19 heavy (non-hydrogen) atoms. The molecular formula is C13H16N2O4. The summed E-state index contributed by atoms with van der Waals surface area (Å²) in [7, 11) is 3.10. The lowest BCUT2D eigenvalue weighted by Crippen LogP contribution is -1.97. The number of rotatable bonds is 5. The summed E-state index contributed by atoms with van der Waals surface area (Å²) in [5, 5.41) is 13.4. The van der Waals surface area contributed by atoms with Crippen molar-refractivity contribution in [3.05, 3.63) is 24.0 Å². The van der Waals surface area contributed by atoms with Gasteiger partial charge in [-0.2, -0.15) is 4.98 Å². The molecule has 0 saturated heterocycles. The summed E-state index contributed by atoms with van der Waals surface area (Å²) in [6.45, 7) is 1.84. The molecule has 0 fully saturated rings. The van der Waals surface area contributed by atoms with Crippen LogP contribution in [0.2, 0.25) is 0 Å². The van der Waals surface area contributed by atoms with Crippen LogP contribution < -0.4 is 9.47 Å². The molecule has 1 heterocycles. The van der Waals surface area contributed by atoms with Crippen molar-refractivity contribution >= 4 is 0 Å². The van der Waals surface area contributed by atoms with Gasteiger partial charge in [0.1, 0.15) is 6.10 Å². The van der Waals surface area contributed by atoms with Gasteiger partial charge < -0.3 is 19.1 Å². The average Bonchev–Trinajstić information content (AvgIpc) is 2.95. The van der Waals surface area contributed by atoms with Crippen LogP contribution in [0.15, 0.2) is 22.7 Å². The SMILES string of the molecule is CCC(O)c1noc(-c2cccc(OC)c2OC)n1. The summed E-state index contributed by atoms with van der Waals surface area (Å²) >= 11 is 0. The van der Waals surface area contributed by atoms with Gasteiger partial charge in [0.25, 0.3) is 5.89 Å². The zero-order valence-electron chi connectivity index (χ0n) is 11.1. The number of aliphatic hydroxyl groups excluding tert-OH is 1. The van der Waals surface area contributed by atoms with E-state index >= 15 is 0 Å². The average molecular weight is 264 g/mol. The van der Waals surface area contributed by atoms with Crippen LogP contribution in [0.25, 0.3) is 11.5 Å². The Balaban J connectivity index is 2.44. The maximum Gasteiger partial charge on any atom is 0.261 e. The first-order chi connectivity index (χ1) is 9.21. The molecule has 0 aliphatic heterocycles. The van der Waals surface area contributed by atoms with Crippen molar-refractivity contribution in [3.8, 4) is 23.0 Å². The fourth-order valence-corrected chi connectivity index (χ4v) is 1.72. The first kappa shape index (κ1) is 13.4. The first-order valence-electron chi connectivity index (χ1n) is 5.94. The van der Waals surface area contributed by atoms with Crippen molar-refractivity contribution in [2.75, 3.05) is 14.2 Å². The molecule has 1 aromatic heterocycles. The number of nitrogens with zero attached hydrogens (tertiary/aromatic N) is 2. The van der Waals surface area contributed by atoms with Crippen LogP contribution in [-0.2, 0) is 0 Å². The third-order valence-corrected chi connectivity index (χ3v) is 2.76. The molecule has 6 heteroatoms. The lowest BCUT2D eigenvalue weighted by atomic mass is 10.2. The standard InChI is InChI=1S/C13H16N2O4/c1-4-9(16)12-14-13(19-15-12)8-6-5-7-10(17-2)11(8)18-3/h5-7,9,16H,4H2,1-3H3. The molecule has 1 aromatic carbocycles. The molecule has 1 atom stereocenters. The Labute approximate surface area is 111 Å². The minimum absolute atomic E-state index is 0.266. The van der Waals surface area contributed by atoms with Crippen molar-refractivity contribution in [2.45, 2.75) is 19.4 Å². The predicted molar refractivity (Wildman–Crippen MR) is 68.1 cm³/mol. The molecule has 0 radical (unpaired) electrons. The van der Waals surface area contributed by atoms with Crippen LogP contribution >= 0.6 is 0 Å². The highest BCUT2D eigenvalue weighted by atomic mass is 16.5. The number of benzene rings is 1. The Bertz CT molecular complexity index is 553. The van der Waals surface area contributed by atoms with Crippen molar-refractivity contribution < 1.29 is 19.1 Å². The van der Waals surface area contributed by atoms with Gasteiger partial charge in [0.05, 0.1) is 19.8 Å². The van der Waals surface area contributed by atoms with Gasteiger partial charge in [-0.3, -0.25) is 0 Å². The van der Waals surface area contributed by atoms with Gasteiger partial charge in [-0.25, -0.2) is 0 Å². The van der Waals surface area contributed by atoms with Crippen LogP contribution in [0.3, 0.4) is 0 Å². The number of methoxy groups -OCH3 is 2. The summed E-state index contributed by atoms with van der Waals surface area (Å²) in [5.74, 6) is 1.66. The highest BCUT2D eigenvalue weighted by Crippen LogP contribution is 2.37. The summed E-state index contributed by atoms with van der Waals surface area (Å²) in [6, 6.07) is 5.37. The zero-order valence-corrected chi connectivity index (χ0v) is 11.1. The normalized spacial score (nSPS) is 12.2. The number of hydrogen-bond donors (Lipinski definition) is 1. The molecule has 1 unspecified atom stereocenters. The van der Waals surface area contributed by atoms with Gasteiger partial charge in [-0.1, -0.05) is 18.1 Å². The molecule has 0 saturated carbocycles. The van der Waals surface area contributed by atoms with E-state index in [1.807, 2.05) is 6.92 Å². The van der Waals surface area contributed by atoms with Gasteiger partial charge in [-0.15, -0.1) is 0 Å². The van der Waals surface area contributed by atoms with Crippen LogP contribution in [0.4, 0.5) is 0 Å². The smallest absolute Gasteiger partial charge is 0.261 e. The Hall–Kier alpha value is -2.08. The van der Waals surface area contributed by atoms with Gasteiger partial charge in [0.15, 0.2) is 11.5 Å². The molecule has 1 N–H and O–H groups in total. The molecule has 2 rings (SSSR count). The number of hydrogen-bond acceptors (Lipinski definition) is 6. The third-order valence-electron chi connectivity index (χ3n) is 2.76. The summed E-state index contributed by atoms with van der Waals surface area (Å²) in [4.78, 5) is 4.17. The predicted octanol–water partition coefficient (Wildman–Crippen LogP) is 2.20. The van der Waals surface area contributed by atoms with E-state index in [2.05, 4.69) is 10.1 Å². The number of aromatic nitrogens is 2. The lowest BCUT2D eigenvalue weighted by molar-refractivity contribution is 0.159. The van der Waals surface area contributed by atoms with E-state index in [0.29, 0.717) is 29.4 Å². The van der Waals surface area contributed by atoms with Crippen LogP contribution in [-0.4, -0.2) is 29.5 Å². The van der Waals surface area contributed by atoms with E-state index in [9.17, 15) is 5.11 Å². The first-order valence-corrected chi connectivity index (χ1v) is 5.94. The van der Waals surface area contributed by atoms with Gasteiger partial charge in [-0.05, 0) is 18.6 Å². The summed E-state index contributed by atoms with van der Waals surface area (Å²) in [6.07, 6.45) is -0.206. The second-order valence-electron chi connectivity index (χ2n) is 3.92. The molecule has 0 spiro atoms. The maximum absolute atomic E-state index is 9.68. The Morgan fingerprint density at radius 2 is 2.11 bits per heavy atom. The van der Waals surface area contributed by atoms with Crippen molar-refractivity contribution in [3.63, 3.8) is 0 Å². The second-order valence-corrected chi connectivity index (χ2v) is 3.92. The van der Waals surface area contributed by atoms with Gasteiger partial charge >= 0.3 is 0 Å². The Morgan fingerprint density at radius 1 is 1.32 bits per heavy atom. The van der Waals surface area contributed by atoms with E-state index < -0.39 is 6.10 Å². The quantitative estimate of drug-likeness (QED) is 0.892. The molecule has 0 bridgehead atoms. The van der Waals surface area contributed by atoms with E-state index in [1.54, 1.807) is 32.4 Å². The fraction of sp³-hybridized carbons (Fsp3) is 0.385. The minimum Gasteiger partial charge on any atom is -0.493 e. The summed E-state index contributed by atoms with van der Waals surface area (Å²) < 4.78 is 15.7. The monoisotopic (exact) mass is 264 g/mol. The topological polar surface area (TPSA) is 77.6 Å². The minimum atomic E-state index is -0.728. The van der Waals surface area contributed by atoms with Crippen LogP contribution in [0, 0.1) is 0 Å². The van der Waals surface area contributed by atoms with Crippen molar-refractivity contribution in [2.24, 2.45) is 0 Å². The zero-order chi connectivity index (χ0) is 13.8. The number of aliphatic hydroxyl groups is 1. The van der Waals surface area contributed by atoms with E-state index in [-0.39, 0.29) is 5.82 Å². The van der Waals surface area contributed by atoms with Gasteiger partial charge in [0.2, 0.25) is 5.82 Å². The molecule has 102 valence electrons. The Morgan fingerprint density at radius 3 is 2.74 bits per heavy atom. The van der Waals surface area contributed by atoms with Crippen LogP contribution in [0.1, 0.15) is 25.3 Å². The Kier molecular flexibility index (Phi) is 4.01. The largest absolute Gasteiger partial charge is 0.493 e. The second kappa shape index (κ2) is 5.71. The van der Waals surface area contributed by atoms with Gasteiger partial charge in [0, 0.05) is 0 Å². The molecular weight excluding hydrogens is 248 g/mol.